The smallest absolute Gasteiger partial charge is 0.260 e. The molecule has 144 valence electrons. The van der Waals surface area contributed by atoms with Crippen LogP contribution in [0, 0.1) is 0 Å². The summed E-state index contributed by atoms with van der Waals surface area (Å²) < 4.78 is 7.30. The quantitative estimate of drug-likeness (QED) is 0.708. The zero-order chi connectivity index (χ0) is 19.7. The fraction of sp³-hybridized carbons (Fsp3) is 0.300. The van der Waals surface area contributed by atoms with Crippen molar-refractivity contribution in [2.75, 3.05) is 19.1 Å². The summed E-state index contributed by atoms with van der Waals surface area (Å²) >= 11 is 0. The van der Waals surface area contributed by atoms with Crippen molar-refractivity contribution in [2.24, 2.45) is 0 Å². The van der Waals surface area contributed by atoms with Crippen molar-refractivity contribution >= 4 is 11.7 Å². The molecule has 0 saturated heterocycles. The van der Waals surface area contributed by atoms with Gasteiger partial charge in [-0.25, -0.2) is 4.98 Å². The molecule has 0 atom stereocenters. The van der Waals surface area contributed by atoms with E-state index in [4.69, 9.17) is 9.72 Å². The van der Waals surface area contributed by atoms with Gasteiger partial charge < -0.3 is 14.6 Å². The van der Waals surface area contributed by atoms with Gasteiger partial charge in [-0.15, -0.1) is 10.2 Å². The Morgan fingerprint density at radius 1 is 1.29 bits per heavy atom. The van der Waals surface area contributed by atoms with Crippen molar-refractivity contribution in [1.29, 1.82) is 0 Å². The highest BCUT2D eigenvalue weighted by Crippen LogP contribution is 2.33. The summed E-state index contributed by atoms with van der Waals surface area (Å²) in [6, 6.07) is 9.38. The minimum atomic E-state index is -0.0761. The maximum atomic E-state index is 13.1. The van der Waals surface area contributed by atoms with E-state index < -0.39 is 0 Å². The van der Waals surface area contributed by atoms with Crippen molar-refractivity contribution in [3.63, 3.8) is 0 Å². The topological polar surface area (TPSA) is 85.2 Å². The number of nitrogens with zero attached hydrogens (tertiary/aromatic N) is 5. The van der Waals surface area contributed by atoms with Gasteiger partial charge in [0.05, 0.1) is 13.7 Å². The second kappa shape index (κ2) is 7.40. The van der Waals surface area contributed by atoms with E-state index in [-0.39, 0.29) is 5.91 Å². The van der Waals surface area contributed by atoms with Crippen molar-refractivity contribution in [2.45, 2.75) is 26.6 Å². The summed E-state index contributed by atoms with van der Waals surface area (Å²) in [5, 5.41) is 11.3. The number of carbonyl (C=O) groups excluding carboxylic acids is 1. The molecule has 1 aliphatic rings. The SMILES string of the molecule is CCn1cnnc1-c1cccc(N2Cc3c(CNC)cc(OC)cc3C2=O)n1. The molecule has 2 aromatic heterocycles. The summed E-state index contributed by atoms with van der Waals surface area (Å²) in [5.41, 5.74) is 3.40. The number of ether oxygens (including phenoxy) is 1. The lowest BCUT2D eigenvalue weighted by molar-refractivity contribution is 0.0995. The Bertz CT molecular complexity index is 1030. The Morgan fingerprint density at radius 2 is 2.14 bits per heavy atom. The Labute approximate surface area is 163 Å². The lowest BCUT2D eigenvalue weighted by Gasteiger charge is -2.15. The number of benzene rings is 1. The van der Waals surface area contributed by atoms with E-state index in [1.807, 2.05) is 42.8 Å². The van der Waals surface area contributed by atoms with Gasteiger partial charge in [0, 0.05) is 18.7 Å². The molecule has 3 aromatic rings. The van der Waals surface area contributed by atoms with Crippen LogP contribution in [-0.4, -0.2) is 39.8 Å². The van der Waals surface area contributed by atoms with Crippen LogP contribution in [0.5, 0.6) is 5.75 Å². The molecular formula is C20H22N6O2. The lowest BCUT2D eigenvalue weighted by atomic mass is 10.0. The van der Waals surface area contributed by atoms with Crippen molar-refractivity contribution < 1.29 is 9.53 Å². The predicted molar refractivity (Wildman–Crippen MR) is 105 cm³/mol. The number of methoxy groups -OCH3 is 1. The molecule has 0 unspecified atom stereocenters. The van der Waals surface area contributed by atoms with Gasteiger partial charge >= 0.3 is 0 Å². The highest BCUT2D eigenvalue weighted by Gasteiger charge is 2.32. The zero-order valence-corrected chi connectivity index (χ0v) is 16.1. The first-order valence-electron chi connectivity index (χ1n) is 9.17. The Kier molecular flexibility index (Phi) is 4.79. The van der Waals surface area contributed by atoms with Crippen molar-refractivity contribution in [3.05, 3.63) is 53.3 Å². The van der Waals surface area contributed by atoms with E-state index in [2.05, 4.69) is 15.5 Å². The molecule has 0 aliphatic carbocycles. The number of fused-ring (bicyclic) bond motifs is 1. The van der Waals surface area contributed by atoms with Crippen LogP contribution >= 0.6 is 0 Å². The average Bonchev–Trinajstić information content (AvgIpc) is 3.33. The molecule has 28 heavy (non-hydrogen) atoms. The number of amides is 1. The molecule has 0 spiro atoms. The van der Waals surface area contributed by atoms with Gasteiger partial charge in [-0.05, 0) is 49.4 Å². The number of aromatic nitrogens is 4. The van der Waals surface area contributed by atoms with Crippen LogP contribution in [0.25, 0.3) is 11.5 Å². The number of carbonyl (C=O) groups is 1. The van der Waals surface area contributed by atoms with E-state index in [1.165, 1.54) is 0 Å². The fourth-order valence-corrected chi connectivity index (χ4v) is 3.49. The molecule has 8 nitrogen and oxygen atoms in total. The number of anilines is 1. The molecule has 1 amide bonds. The van der Waals surface area contributed by atoms with Gasteiger partial charge in [0.15, 0.2) is 5.82 Å². The van der Waals surface area contributed by atoms with E-state index in [9.17, 15) is 4.79 Å². The summed E-state index contributed by atoms with van der Waals surface area (Å²) in [7, 11) is 3.49. The molecule has 0 radical (unpaired) electrons. The number of hydrogen-bond acceptors (Lipinski definition) is 6. The molecule has 1 aliphatic heterocycles. The molecule has 8 heteroatoms. The largest absolute Gasteiger partial charge is 0.497 e. The Balaban J connectivity index is 1.72. The number of hydrogen-bond donors (Lipinski definition) is 1. The summed E-state index contributed by atoms with van der Waals surface area (Å²) in [6.07, 6.45) is 1.68. The summed E-state index contributed by atoms with van der Waals surface area (Å²) in [6.45, 7) is 3.91. The Hall–Kier alpha value is -3.26. The normalized spacial score (nSPS) is 13.1. The number of pyridine rings is 1. The molecule has 1 aromatic carbocycles. The van der Waals surface area contributed by atoms with Crippen LogP contribution < -0.4 is 15.0 Å². The molecule has 0 saturated carbocycles. The predicted octanol–water partition coefficient (Wildman–Crippen LogP) is 2.25. The monoisotopic (exact) mass is 378 g/mol. The highest BCUT2D eigenvalue weighted by molar-refractivity contribution is 6.10. The second-order valence-electron chi connectivity index (χ2n) is 6.56. The van der Waals surface area contributed by atoms with Crippen molar-refractivity contribution in [3.8, 4) is 17.3 Å². The fourth-order valence-electron chi connectivity index (χ4n) is 3.49. The third kappa shape index (κ3) is 3.01. The Morgan fingerprint density at radius 3 is 2.89 bits per heavy atom. The van der Waals surface area contributed by atoms with Crippen molar-refractivity contribution in [1.82, 2.24) is 25.1 Å². The van der Waals surface area contributed by atoms with Gasteiger partial charge in [0.1, 0.15) is 23.6 Å². The van der Waals surface area contributed by atoms with E-state index in [0.29, 0.717) is 41.7 Å². The number of nitrogens with one attached hydrogen (secondary N) is 1. The van der Waals surface area contributed by atoms with Crippen LogP contribution in [0.4, 0.5) is 5.82 Å². The molecule has 0 fully saturated rings. The minimum absolute atomic E-state index is 0.0761. The molecule has 1 N–H and O–H groups in total. The van der Waals surface area contributed by atoms with Crippen LogP contribution in [0.3, 0.4) is 0 Å². The molecular weight excluding hydrogens is 356 g/mol. The third-order valence-electron chi connectivity index (χ3n) is 4.91. The first kappa shape index (κ1) is 18.1. The summed E-state index contributed by atoms with van der Waals surface area (Å²) in [4.78, 5) is 19.5. The van der Waals surface area contributed by atoms with Crippen LogP contribution in [-0.2, 0) is 19.6 Å². The van der Waals surface area contributed by atoms with E-state index in [1.54, 1.807) is 24.4 Å². The summed E-state index contributed by atoms with van der Waals surface area (Å²) in [5.74, 6) is 1.88. The maximum Gasteiger partial charge on any atom is 0.260 e. The number of rotatable bonds is 6. The van der Waals surface area contributed by atoms with E-state index >= 15 is 0 Å². The van der Waals surface area contributed by atoms with Gasteiger partial charge in [-0.2, -0.15) is 0 Å². The van der Waals surface area contributed by atoms with Gasteiger partial charge in [-0.3, -0.25) is 9.69 Å². The lowest BCUT2D eigenvalue weighted by Crippen LogP contribution is -2.24. The zero-order valence-electron chi connectivity index (χ0n) is 16.1. The molecule has 4 rings (SSSR count). The number of aryl methyl sites for hydroxylation is 1. The molecule has 3 heterocycles. The van der Waals surface area contributed by atoms with Crippen LogP contribution in [0.1, 0.15) is 28.4 Å². The van der Waals surface area contributed by atoms with Gasteiger partial charge in [0.25, 0.3) is 5.91 Å². The van der Waals surface area contributed by atoms with Gasteiger partial charge in [-0.1, -0.05) is 6.07 Å². The maximum absolute atomic E-state index is 13.1. The standard InChI is InChI=1S/C20H22N6O2/c1-4-25-12-22-24-19(25)17-6-5-7-18(23-17)26-11-16-13(10-21-2)8-14(28-3)9-15(16)20(26)27/h5-9,12,21H,4,10-11H2,1-3H3. The first-order chi connectivity index (χ1) is 13.7. The average molecular weight is 378 g/mol. The van der Waals surface area contributed by atoms with E-state index in [0.717, 1.165) is 17.7 Å². The van der Waals surface area contributed by atoms with Crippen LogP contribution in [0.2, 0.25) is 0 Å². The van der Waals surface area contributed by atoms with Crippen LogP contribution in [0.15, 0.2) is 36.7 Å². The van der Waals surface area contributed by atoms with Gasteiger partial charge in [0.2, 0.25) is 0 Å². The molecule has 0 bridgehead atoms. The second-order valence-corrected chi connectivity index (χ2v) is 6.56. The highest BCUT2D eigenvalue weighted by atomic mass is 16.5. The minimum Gasteiger partial charge on any atom is -0.497 e. The first-order valence-corrected chi connectivity index (χ1v) is 9.17. The third-order valence-corrected chi connectivity index (χ3v) is 4.91.